The lowest BCUT2D eigenvalue weighted by Gasteiger charge is -2.25. The zero-order valence-corrected chi connectivity index (χ0v) is 13.0. The first-order valence-electron chi connectivity index (χ1n) is 7.48. The van der Waals surface area contributed by atoms with Gasteiger partial charge in [-0.05, 0) is 24.0 Å². The number of benzene rings is 1. The highest BCUT2D eigenvalue weighted by Crippen LogP contribution is 2.17. The van der Waals surface area contributed by atoms with Gasteiger partial charge in [-0.2, -0.15) is 0 Å². The van der Waals surface area contributed by atoms with E-state index in [4.69, 9.17) is 4.74 Å². The molecule has 0 spiro atoms. The molecule has 1 aromatic carbocycles. The first-order chi connectivity index (χ1) is 9.84. The molecule has 2 aliphatic heterocycles. The van der Waals surface area contributed by atoms with E-state index in [-0.39, 0.29) is 24.2 Å². The minimum absolute atomic E-state index is 0. The summed E-state index contributed by atoms with van der Waals surface area (Å²) in [6.45, 7) is 4.49. The number of carbonyl (C=O) groups excluding carboxylic acids is 1. The lowest BCUT2D eigenvalue weighted by molar-refractivity contribution is -0.136. The van der Waals surface area contributed by atoms with Crippen molar-refractivity contribution in [2.45, 2.75) is 12.8 Å². The molecule has 3 rings (SSSR count). The number of nitrogens with one attached hydrogen (secondary N) is 1. The first-order valence-corrected chi connectivity index (χ1v) is 7.48. The average molecular weight is 311 g/mol. The van der Waals surface area contributed by atoms with Crippen LogP contribution in [0.3, 0.4) is 0 Å². The largest absolute Gasteiger partial charge is 0.379 e. The molecular formula is C16H23ClN2O2. The Morgan fingerprint density at radius 2 is 1.86 bits per heavy atom. The van der Waals surface area contributed by atoms with Crippen molar-refractivity contribution in [1.82, 2.24) is 10.2 Å². The fourth-order valence-corrected chi connectivity index (χ4v) is 3.01. The number of hydrogen-bond acceptors (Lipinski definition) is 3. The van der Waals surface area contributed by atoms with Crippen molar-refractivity contribution in [2.24, 2.45) is 5.92 Å². The molecule has 0 aromatic heterocycles. The normalized spacial score (nSPS) is 22.5. The Labute approximate surface area is 132 Å². The number of ether oxygens (including phenoxy) is 1. The summed E-state index contributed by atoms with van der Waals surface area (Å²) in [7, 11) is 0. The molecule has 4 nitrogen and oxygen atoms in total. The Balaban J connectivity index is 0.00000161. The molecule has 1 unspecified atom stereocenters. The Morgan fingerprint density at radius 1 is 1.19 bits per heavy atom. The molecule has 1 saturated heterocycles. The Bertz CT molecular complexity index is 446. The number of amides is 1. The number of rotatable bonds is 1. The second-order valence-corrected chi connectivity index (χ2v) is 5.57. The third-order valence-corrected chi connectivity index (χ3v) is 4.21. The second kappa shape index (κ2) is 7.78. The molecule has 1 N–H and O–H groups in total. The lowest BCUT2D eigenvalue weighted by Crippen LogP contribution is -2.42. The predicted octanol–water partition coefficient (Wildman–Crippen LogP) is 1.27. The van der Waals surface area contributed by atoms with Gasteiger partial charge in [0, 0.05) is 26.2 Å². The minimum atomic E-state index is -0.0290. The molecule has 5 heteroatoms. The summed E-state index contributed by atoms with van der Waals surface area (Å²) < 4.78 is 5.50. The predicted molar refractivity (Wildman–Crippen MR) is 84.9 cm³/mol. The maximum atomic E-state index is 12.6. The summed E-state index contributed by atoms with van der Waals surface area (Å²) in [5.41, 5.74) is 2.77. The van der Waals surface area contributed by atoms with Crippen LogP contribution in [0.2, 0.25) is 0 Å². The van der Waals surface area contributed by atoms with E-state index in [0.29, 0.717) is 13.2 Å². The molecule has 0 saturated carbocycles. The zero-order valence-electron chi connectivity index (χ0n) is 12.2. The van der Waals surface area contributed by atoms with E-state index in [1.807, 2.05) is 4.90 Å². The minimum Gasteiger partial charge on any atom is -0.379 e. The molecule has 1 atom stereocenters. The summed E-state index contributed by atoms with van der Waals surface area (Å²) in [4.78, 5) is 14.6. The van der Waals surface area contributed by atoms with Crippen LogP contribution in [-0.2, 0) is 22.4 Å². The van der Waals surface area contributed by atoms with E-state index in [1.165, 1.54) is 11.1 Å². The van der Waals surface area contributed by atoms with Gasteiger partial charge in [-0.25, -0.2) is 0 Å². The smallest absolute Gasteiger partial charge is 0.229 e. The SMILES string of the molecule is Cl.O=C(C1CNCCOC1)N1CCc2ccccc2CC1. The van der Waals surface area contributed by atoms with Gasteiger partial charge in [0.05, 0.1) is 19.1 Å². The fourth-order valence-electron chi connectivity index (χ4n) is 3.01. The molecule has 0 bridgehead atoms. The highest BCUT2D eigenvalue weighted by Gasteiger charge is 2.26. The Hall–Kier alpha value is -1.10. The summed E-state index contributed by atoms with van der Waals surface area (Å²) in [5.74, 6) is 0.214. The quantitative estimate of drug-likeness (QED) is 0.849. The van der Waals surface area contributed by atoms with Crippen molar-refractivity contribution in [3.05, 3.63) is 35.4 Å². The first kappa shape index (κ1) is 16.3. The topological polar surface area (TPSA) is 41.6 Å². The zero-order chi connectivity index (χ0) is 13.8. The van der Waals surface area contributed by atoms with Crippen LogP contribution >= 0.6 is 12.4 Å². The van der Waals surface area contributed by atoms with E-state index in [1.54, 1.807) is 0 Å². The molecule has 1 fully saturated rings. The standard InChI is InChI=1S/C16H22N2O2.ClH/c19-16(15-11-17-7-10-20-12-15)18-8-5-13-3-1-2-4-14(13)6-9-18;/h1-4,15,17H,5-12H2;1H. The van der Waals surface area contributed by atoms with Crippen molar-refractivity contribution in [3.8, 4) is 0 Å². The average Bonchev–Trinajstić information content (AvgIpc) is 2.87. The highest BCUT2D eigenvalue weighted by atomic mass is 35.5. The van der Waals surface area contributed by atoms with Crippen molar-refractivity contribution < 1.29 is 9.53 Å². The van der Waals surface area contributed by atoms with Gasteiger partial charge in [-0.1, -0.05) is 24.3 Å². The molecule has 0 aliphatic carbocycles. The molecule has 116 valence electrons. The van der Waals surface area contributed by atoms with E-state index in [2.05, 4.69) is 29.6 Å². The third-order valence-electron chi connectivity index (χ3n) is 4.21. The van der Waals surface area contributed by atoms with Gasteiger partial charge < -0.3 is 15.0 Å². The number of nitrogens with zero attached hydrogens (tertiary/aromatic N) is 1. The van der Waals surface area contributed by atoms with Gasteiger partial charge in [0.2, 0.25) is 5.91 Å². The monoisotopic (exact) mass is 310 g/mol. The molecule has 1 amide bonds. The number of hydrogen-bond donors (Lipinski definition) is 1. The van der Waals surface area contributed by atoms with Gasteiger partial charge in [0.15, 0.2) is 0 Å². The maximum absolute atomic E-state index is 12.6. The van der Waals surface area contributed by atoms with Gasteiger partial charge in [0.25, 0.3) is 0 Å². The van der Waals surface area contributed by atoms with E-state index in [0.717, 1.165) is 39.0 Å². The van der Waals surface area contributed by atoms with Crippen molar-refractivity contribution in [1.29, 1.82) is 0 Å². The van der Waals surface area contributed by atoms with Crippen LogP contribution in [-0.4, -0.2) is 50.2 Å². The van der Waals surface area contributed by atoms with E-state index >= 15 is 0 Å². The summed E-state index contributed by atoms with van der Waals surface area (Å²) >= 11 is 0. The van der Waals surface area contributed by atoms with Crippen LogP contribution in [0.15, 0.2) is 24.3 Å². The molecular weight excluding hydrogens is 288 g/mol. The molecule has 0 radical (unpaired) electrons. The van der Waals surface area contributed by atoms with Crippen LogP contribution in [0.25, 0.3) is 0 Å². The Kier molecular flexibility index (Phi) is 6.03. The maximum Gasteiger partial charge on any atom is 0.229 e. The third kappa shape index (κ3) is 3.96. The van der Waals surface area contributed by atoms with Gasteiger partial charge in [-0.3, -0.25) is 4.79 Å². The van der Waals surface area contributed by atoms with Crippen LogP contribution < -0.4 is 5.32 Å². The number of fused-ring (bicyclic) bond motifs is 1. The van der Waals surface area contributed by atoms with Crippen molar-refractivity contribution in [2.75, 3.05) is 39.4 Å². The number of halogens is 1. The fraction of sp³-hybridized carbons (Fsp3) is 0.562. The molecule has 2 heterocycles. The number of carbonyl (C=O) groups is 1. The van der Waals surface area contributed by atoms with E-state index < -0.39 is 0 Å². The van der Waals surface area contributed by atoms with Crippen molar-refractivity contribution in [3.63, 3.8) is 0 Å². The van der Waals surface area contributed by atoms with Crippen molar-refractivity contribution >= 4 is 18.3 Å². The highest BCUT2D eigenvalue weighted by molar-refractivity contribution is 5.85. The van der Waals surface area contributed by atoms with Crippen LogP contribution in [0, 0.1) is 5.92 Å². The van der Waals surface area contributed by atoms with Crippen LogP contribution in [0.5, 0.6) is 0 Å². The Morgan fingerprint density at radius 3 is 2.52 bits per heavy atom. The summed E-state index contributed by atoms with van der Waals surface area (Å²) in [6.07, 6.45) is 1.92. The summed E-state index contributed by atoms with van der Waals surface area (Å²) in [6, 6.07) is 8.53. The molecule has 2 aliphatic rings. The summed E-state index contributed by atoms with van der Waals surface area (Å²) in [5, 5.41) is 3.28. The molecule has 1 aromatic rings. The van der Waals surface area contributed by atoms with Gasteiger partial charge in [0.1, 0.15) is 0 Å². The lowest BCUT2D eigenvalue weighted by atomic mass is 10.0. The van der Waals surface area contributed by atoms with Gasteiger partial charge >= 0.3 is 0 Å². The molecule has 21 heavy (non-hydrogen) atoms. The van der Waals surface area contributed by atoms with Crippen LogP contribution in [0.1, 0.15) is 11.1 Å². The van der Waals surface area contributed by atoms with Crippen LogP contribution in [0.4, 0.5) is 0 Å². The van der Waals surface area contributed by atoms with E-state index in [9.17, 15) is 4.79 Å². The second-order valence-electron chi connectivity index (χ2n) is 5.57. The van der Waals surface area contributed by atoms with Gasteiger partial charge in [-0.15, -0.1) is 12.4 Å².